The zero-order valence-electron chi connectivity index (χ0n) is 55.8. The minimum Gasteiger partial charge on any atom is -0.445 e. The number of anilines is 1. The van der Waals surface area contributed by atoms with Crippen molar-refractivity contribution in [2.45, 2.75) is 169 Å². The second kappa shape index (κ2) is 37.3. The normalized spacial score (nSPS) is 16.6. The lowest BCUT2D eigenvalue weighted by Gasteiger charge is -2.40. The summed E-state index contributed by atoms with van der Waals surface area (Å²) in [6.07, 6.45) is -1.47. The molecular formula is C66H99N13O13. The van der Waals surface area contributed by atoms with Gasteiger partial charge in [0.2, 0.25) is 35.4 Å². The fourth-order valence-electron chi connectivity index (χ4n) is 11.5. The number of amides is 10. The number of benzene rings is 3. The lowest BCUT2D eigenvalue weighted by Crippen LogP contribution is -2.60. The van der Waals surface area contributed by atoms with E-state index in [0.29, 0.717) is 48.3 Å². The molecule has 3 aromatic carbocycles. The summed E-state index contributed by atoms with van der Waals surface area (Å²) in [4.78, 5) is 130. The van der Waals surface area contributed by atoms with E-state index in [-0.39, 0.29) is 68.2 Å². The highest BCUT2D eigenvalue weighted by atomic mass is 16.6. The number of carbonyl (C=O) groups excluding carboxylic acids is 9. The molecule has 506 valence electrons. The molecular weight excluding hydrogens is 1180 g/mol. The average molecular weight is 1280 g/mol. The Labute approximate surface area is 541 Å². The number of nitrogens with two attached hydrogens (primary N) is 1. The minimum atomic E-state index is -1.12. The van der Waals surface area contributed by atoms with Gasteiger partial charge in [-0.15, -0.1) is 0 Å². The molecule has 0 bridgehead atoms. The summed E-state index contributed by atoms with van der Waals surface area (Å²) in [6, 6.07) is 15.6. The van der Waals surface area contributed by atoms with Gasteiger partial charge in [0.25, 0.3) is 5.91 Å². The van der Waals surface area contributed by atoms with Crippen molar-refractivity contribution >= 4 is 59.2 Å². The van der Waals surface area contributed by atoms with Gasteiger partial charge in [-0.05, 0) is 96.3 Å². The van der Waals surface area contributed by atoms with Crippen LogP contribution in [0.15, 0.2) is 84.0 Å². The molecule has 3 aromatic rings. The largest absolute Gasteiger partial charge is 0.445 e. The molecule has 0 saturated carbocycles. The monoisotopic (exact) mass is 1280 g/mol. The van der Waals surface area contributed by atoms with Crippen molar-refractivity contribution in [2.75, 3.05) is 53.3 Å². The Morgan fingerprint density at radius 2 is 1.38 bits per heavy atom. The highest BCUT2D eigenvalue weighted by Gasteiger charge is 2.43. The number of urea groups is 1. The molecule has 1 aliphatic heterocycles. The predicted molar refractivity (Wildman–Crippen MR) is 348 cm³/mol. The number of likely N-dealkylation sites (N-methyl/N-ethyl adjacent to an activating group) is 2. The fourth-order valence-corrected chi connectivity index (χ4v) is 11.5. The van der Waals surface area contributed by atoms with Gasteiger partial charge in [0.05, 0.1) is 49.3 Å². The number of likely N-dealkylation sites (tertiary alicyclic amines) is 1. The van der Waals surface area contributed by atoms with Gasteiger partial charge in [-0.3, -0.25) is 38.5 Å². The summed E-state index contributed by atoms with van der Waals surface area (Å²) in [5, 5.41) is 31.0. The molecule has 1 saturated heterocycles. The number of aliphatic hydroxyl groups excluding tert-OH is 1. The SMILES string of the molecule is CC[C@H](C)[C@@H]([C@@H](CC(=O)N1CCC([C@H](OC)[C@@H](C)C(=O)N[C@H](C)[C@@H](O)c2ccccc2)C1)OC)N(C)C(=O)[C@@H](NC(=O)[C@H](C(C)C)N(C)C(=O)OCc1ccc(NC(=O)C(CCCNC(N)=O)NC(=O)C(NC(=O)c2ccc(CN=[N+]=[N-])cc2)C(C)C)cc1)C(C)C. The Hall–Kier alpha value is -8.32. The summed E-state index contributed by atoms with van der Waals surface area (Å²) in [7, 11) is 6.13. The van der Waals surface area contributed by atoms with Crippen molar-refractivity contribution in [3.8, 4) is 0 Å². The van der Waals surface area contributed by atoms with Crippen LogP contribution in [-0.2, 0) is 56.1 Å². The molecule has 3 unspecified atom stereocenters. The number of nitrogens with one attached hydrogen (secondary N) is 6. The Kier molecular flexibility index (Phi) is 30.8. The Morgan fingerprint density at radius 1 is 0.750 bits per heavy atom. The van der Waals surface area contributed by atoms with E-state index in [1.165, 1.54) is 19.1 Å². The van der Waals surface area contributed by atoms with Crippen molar-refractivity contribution in [2.24, 2.45) is 46.4 Å². The third-order valence-electron chi connectivity index (χ3n) is 17.1. The first kappa shape index (κ1) is 76.1. The van der Waals surface area contributed by atoms with E-state index < -0.39 is 120 Å². The molecule has 1 fully saturated rings. The van der Waals surface area contributed by atoms with Crippen LogP contribution in [0.1, 0.15) is 134 Å². The van der Waals surface area contributed by atoms with Crippen molar-refractivity contribution in [1.82, 2.24) is 41.3 Å². The molecule has 9 N–H and O–H groups in total. The smallest absolute Gasteiger partial charge is 0.410 e. The Morgan fingerprint density at radius 3 is 1.95 bits per heavy atom. The van der Waals surface area contributed by atoms with Crippen molar-refractivity contribution in [3.05, 3.63) is 112 Å². The molecule has 0 aliphatic carbocycles. The number of hydrogen-bond acceptors (Lipinski definition) is 14. The Bertz CT molecular complexity index is 2970. The molecule has 0 spiro atoms. The van der Waals surface area contributed by atoms with Crippen LogP contribution >= 0.6 is 0 Å². The van der Waals surface area contributed by atoms with Crippen molar-refractivity contribution in [1.29, 1.82) is 0 Å². The molecule has 4 rings (SSSR count). The van der Waals surface area contributed by atoms with Crippen LogP contribution in [-0.4, -0.2) is 170 Å². The highest BCUT2D eigenvalue weighted by molar-refractivity contribution is 6.00. The standard InChI is InChI=1S/C66H99N13O13/c1-15-41(8)56(51(90-13)34-52(80)79-33-31-48(36-79)58(91-14)42(9)59(82)71-43(10)57(81)46-20-17-16-18-21-46)77(11)64(87)54(39(4)5)75-63(86)55(40(6)7)78(12)66(89)92-37-45-25-29-49(30-26-45)72-61(84)50(22-19-32-69-65(67)88)73-62(85)53(38(2)3)74-60(83)47-27-23-44(24-28-47)35-70-76-68/h16-18,20-21,23-30,38-43,48,50-51,53-58,81H,15,19,22,31-37H2,1-14H3,(H,71,82)(H,72,84)(H,73,85)(H,74,83)(H,75,86)(H3,67,69,88)/t41-,42+,43+,48?,50?,51+,53?,54-,55-,56-,57+,58+/m0/s1. The number of aliphatic hydroxyl groups is 1. The first-order valence-corrected chi connectivity index (χ1v) is 31.6. The van der Waals surface area contributed by atoms with Crippen molar-refractivity contribution in [3.63, 3.8) is 0 Å². The van der Waals surface area contributed by atoms with Gasteiger partial charge in [-0.2, -0.15) is 0 Å². The lowest BCUT2D eigenvalue weighted by atomic mass is 9.89. The highest BCUT2D eigenvalue weighted by Crippen LogP contribution is 2.30. The number of hydrogen-bond donors (Lipinski definition) is 8. The zero-order valence-corrected chi connectivity index (χ0v) is 55.8. The molecule has 92 heavy (non-hydrogen) atoms. The van der Waals surface area contributed by atoms with Crippen LogP contribution in [0.5, 0.6) is 0 Å². The van der Waals surface area contributed by atoms with E-state index in [1.54, 1.807) is 140 Å². The molecule has 1 aliphatic rings. The van der Waals surface area contributed by atoms with Gasteiger partial charge in [-0.25, -0.2) is 9.59 Å². The predicted octanol–water partition coefficient (Wildman–Crippen LogP) is 6.57. The summed E-state index contributed by atoms with van der Waals surface area (Å²) in [5.74, 6) is -5.37. The molecule has 1 heterocycles. The van der Waals surface area contributed by atoms with Crippen LogP contribution in [0.4, 0.5) is 15.3 Å². The maximum atomic E-state index is 14.7. The first-order valence-electron chi connectivity index (χ1n) is 31.6. The molecule has 0 radical (unpaired) electrons. The summed E-state index contributed by atoms with van der Waals surface area (Å²) >= 11 is 0. The number of carbonyl (C=O) groups is 9. The van der Waals surface area contributed by atoms with E-state index in [1.807, 2.05) is 32.0 Å². The quantitative estimate of drug-likeness (QED) is 0.0134. The molecule has 26 heteroatoms. The fraction of sp³-hybridized carbons (Fsp3) is 0.591. The second-order valence-electron chi connectivity index (χ2n) is 24.9. The third-order valence-corrected chi connectivity index (χ3v) is 17.1. The number of ether oxygens (including phenoxy) is 3. The Balaban J connectivity index is 1.38. The van der Waals surface area contributed by atoms with Crippen LogP contribution in [0, 0.1) is 35.5 Å². The van der Waals surface area contributed by atoms with Gasteiger partial charge in [-0.1, -0.05) is 128 Å². The number of azide groups is 1. The van der Waals surface area contributed by atoms with Crippen LogP contribution in [0.3, 0.4) is 0 Å². The van der Waals surface area contributed by atoms with Crippen LogP contribution in [0.2, 0.25) is 0 Å². The molecule has 12 atom stereocenters. The summed E-state index contributed by atoms with van der Waals surface area (Å²) < 4.78 is 17.6. The maximum absolute atomic E-state index is 14.7. The molecule has 26 nitrogen and oxygen atoms in total. The molecule has 0 aromatic heterocycles. The van der Waals surface area contributed by atoms with E-state index in [2.05, 4.69) is 41.9 Å². The lowest BCUT2D eigenvalue weighted by molar-refractivity contribution is -0.146. The van der Waals surface area contributed by atoms with Gasteiger partial charge in [0, 0.05) is 70.0 Å². The van der Waals surface area contributed by atoms with E-state index in [9.17, 15) is 48.3 Å². The number of primary amides is 1. The zero-order chi connectivity index (χ0) is 68.5. The minimum absolute atomic E-state index is 0.0476. The first-order chi connectivity index (χ1) is 43.6. The van der Waals surface area contributed by atoms with Gasteiger partial charge in [0.15, 0.2) is 0 Å². The molecule has 10 amide bonds. The van der Waals surface area contributed by atoms with Crippen LogP contribution in [0.25, 0.3) is 10.4 Å². The maximum Gasteiger partial charge on any atom is 0.410 e. The van der Waals surface area contributed by atoms with Gasteiger partial charge in [0.1, 0.15) is 30.8 Å². The summed E-state index contributed by atoms with van der Waals surface area (Å²) in [6.45, 7) is 18.9. The van der Waals surface area contributed by atoms with Gasteiger partial charge >= 0.3 is 12.1 Å². The summed E-state index contributed by atoms with van der Waals surface area (Å²) in [5.41, 5.74) is 16.4. The van der Waals surface area contributed by atoms with E-state index in [0.717, 1.165) is 0 Å². The average Bonchev–Trinajstić information content (AvgIpc) is 1.49. The topological polar surface area (TPSA) is 358 Å². The second-order valence-corrected chi connectivity index (χ2v) is 24.9. The van der Waals surface area contributed by atoms with E-state index in [4.69, 9.17) is 25.5 Å². The van der Waals surface area contributed by atoms with Crippen LogP contribution < -0.4 is 37.6 Å². The third kappa shape index (κ3) is 22.2. The van der Waals surface area contributed by atoms with E-state index >= 15 is 0 Å². The number of methoxy groups -OCH3 is 2. The number of rotatable bonds is 35. The van der Waals surface area contributed by atoms with Gasteiger partial charge < -0.3 is 66.8 Å². The van der Waals surface area contributed by atoms with Crippen molar-refractivity contribution < 1.29 is 62.5 Å². The number of nitrogens with zero attached hydrogens (tertiary/aromatic N) is 6.